The topological polar surface area (TPSA) is 95.0 Å². The number of nitrogens with zero attached hydrogens (tertiary/aromatic N) is 2. The van der Waals surface area contributed by atoms with Crippen LogP contribution in [0.1, 0.15) is 56.6 Å². The molecule has 16 heteroatoms. The molecule has 0 spiro atoms. The Kier molecular flexibility index (Phi) is 8.85. The third kappa shape index (κ3) is 5.43. The summed E-state index contributed by atoms with van der Waals surface area (Å²) in [5.41, 5.74) is -8.09. The maximum absolute atomic E-state index is 15.3. The lowest BCUT2D eigenvalue weighted by atomic mass is 9.80. The number of hydrogen-bond acceptors (Lipinski definition) is 5. The summed E-state index contributed by atoms with van der Waals surface area (Å²) in [7, 11) is -4.65. The van der Waals surface area contributed by atoms with Crippen LogP contribution in [0.2, 0.25) is 0 Å². The van der Waals surface area contributed by atoms with E-state index in [0.29, 0.717) is 12.5 Å². The van der Waals surface area contributed by atoms with E-state index in [1.807, 2.05) is 0 Å². The van der Waals surface area contributed by atoms with Crippen molar-refractivity contribution in [2.75, 3.05) is 24.5 Å². The second-order valence-electron chi connectivity index (χ2n) is 12.4. The number of carboxylic acid groups (broad SMARTS) is 1. The summed E-state index contributed by atoms with van der Waals surface area (Å²) >= 11 is 0. The van der Waals surface area contributed by atoms with Crippen molar-refractivity contribution in [1.29, 1.82) is 0 Å². The van der Waals surface area contributed by atoms with Gasteiger partial charge in [-0.2, -0.15) is 26.3 Å². The van der Waals surface area contributed by atoms with Gasteiger partial charge in [-0.25, -0.2) is 17.2 Å². The number of halogens is 8. The molecule has 2 aromatic carbocycles. The smallest absolute Gasteiger partial charge is 0.435 e. The molecule has 1 aliphatic carbocycles. The van der Waals surface area contributed by atoms with Crippen molar-refractivity contribution in [2.24, 2.45) is 11.8 Å². The summed E-state index contributed by atoms with van der Waals surface area (Å²) in [6, 6.07) is 4.00. The number of anilines is 1. The van der Waals surface area contributed by atoms with Crippen LogP contribution in [-0.2, 0) is 29.8 Å². The van der Waals surface area contributed by atoms with Gasteiger partial charge in [0.25, 0.3) is 0 Å². The van der Waals surface area contributed by atoms with Gasteiger partial charge in [-0.1, -0.05) is 19.1 Å². The second kappa shape index (κ2) is 11.9. The Balaban J connectivity index is 1.70. The van der Waals surface area contributed by atoms with Crippen LogP contribution in [0, 0.1) is 17.7 Å². The van der Waals surface area contributed by atoms with Crippen LogP contribution in [0.25, 0.3) is 0 Å². The van der Waals surface area contributed by atoms with E-state index in [9.17, 15) is 53.8 Å². The Morgan fingerprint density at radius 3 is 2.02 bits per heavy atom. The molecule has 3 aliphatic rings. The van der Waals surface area contributed by atoms with E-state index in [1.165, 1.54) is 9.80 Å². The van der Waals surface area contributed by atoms with Crippen LogP contribution >= 0.6 is 0 Å². The van der Waals surface area contributed by atoms with E-state index >= 15 is 4.39 Å². The molecule has 258 valence electrons. The number of aliphatic carboxylic acids is 1. The Labute approximate surface area is 265 Å². The Morgan fingerprint density at radius 1 is 0.915 bits per heavy atom. The number of carboxylic acids is 1. The number of sulfone groups is 1. The number of hydrogen-bond donors (Lipinski definition) is 1. The lowest BCUT2D eigenvalue weighted by molar-refractivity contribution is -0.348. The molecule has 0 aromatic heterocycles. The number of amides is 1. The zero-order valence-corrected chi connectivity index (χ0v) is 25.9. The molecule has 7 nitrogen and oxygen atoms in total. The highest BCUT2D eigenvalue weighted by Gasteiger charge is 2.74. The van der Waals surface area contributed by atoms with Crippen molar-refractivity contribution < 1.29 is 58.2 Å². The first-order valence-electron chi connectivity index (χ1n) is 15.1. The van der Waals surface area contributed by atoms with Crippen molar-refractivity contribution in [2.45, 2.75) is 79.2 Å². The van der Waals surface area contributed by atoms with Crippen molar-refractivity contribution in [3.8, 4) is 0 Å². The Bertz CT molecular complexity index is 1620. The predicted octanol–water partition coefficient (Wildman–Crippen LogP) is 6.51. The van der Waals surface area contributed by atoms with Gasteiger partial charge in [0.05, 0.1) is 16.9 Å². The van der Waals surface area contributed by atoms with E-state index in [-0.39, 0.29) is 74.0 Å². The van der Waals surface area contributed by atoms with E-state index in [4.69, 9.17) is 0 Å². The monoisotopic (exact) mass is 696 g/mol. The molecule has 1 amide bonds. The van der Waals surface area contributed by atoms with Crippen molar-refractivity contribution in [3.05, 3.63) is 59.4 Å². The molecule has 2 atom stereocenters. The Hall–Kier alpha value is -3.43. The van der Waals surface area contributed by atoms with Gasteiger partial charge in [-0.3, -0.25) is 9.59 Å². The number of carbonyl (C=O) groups excluding carboxylic acids is 1. The van der Waals surface area contributed by atoms with Crippen molar-refractivity contribution >= 4 is 27.4 Å². The highest BCUT2D eigenvalue weighted by atomic mass is 32.2. The lowest BCUT2D eigenvalue weighted by Gasteiger charge is -2.48. The molecular formula is C31H32F8N2O5S. The summed E-state index contributed by atoms with van der Waals surface area (Å²) in [5.74, 6) is -3.47. The molecule has 0 radical (unpaired) electrons. The maximum atomic E-state index is 15.3. The average molecular weight is 697 g/mol. The van der Waals surface area contributed by atoms with Gasteiger partial charge in [0, 0.05) is 36.8 Å². The standard InChI is InChI=1S/C31H32F8N2O5S/c1-2-14-40-17-25-28(47(45,46)22-10-8-21(32)9-11-22,13-15-41(25)26(42)18-3-5-19(6-4-18)27(43)44)23-12-7-20(16-24(23)40)29(33,30(34,35)36)31(37,38)39/h7-12,16,18-19,25H,2-6,13-15,17H2,1H3,(H,43,44)/t18?,19?,25-,28-/m1/s1. The number of benzene rings is 2. The fraction of sp³-hybridized carbons (Fsp3) is 0.548. The highest BCUT2D eigenvalue weighted by molar-refractivity contribution is 7.92. The fourth-order valence-electron chi connectivity index (χ4n) is 7.43. The number of likely N-dealkylation sites (tertiary alicyclic amines) is 1. The molecule has 2 aromatic rings. The summed E-state index contributed by atoms with van der Waals surface area (Å²) in [6.07, 6.45) is -11.9. The second-order valence-corrected chi connectivity index (χ2v) is 14.6. The molecule has 2 heterocycles. The lowest BCUT2D eigenvalue weighted by Crippen LogP contribution is -2.59. The van der Waals surface area contributed by atoms with Gasteiger partial charge in [-0.15, -0.1) is 0 Å². The average Bonchev–Trinajstić information content (AvgIpc) is 3.40. The minimum atomic E-state index is -6.40. The molecule has 0 bridgehead atoms. The summed E-state index contributed by atoms with van der Waals surface area (Å²) in [5, 5.41) is 9.37. The zero-order valence-electron chi connectivity index (χ0n) is 25.0. The largest absolute Gasteiger partial charge is 0.481 e. The maximum Gasteiger partial charge on any atom is 0.435 e. The molecule has 1 saturated heterocycles. The SMILES string of the molecule is CCCN1C[C@H]2N(C(=O)C3CCC(C(=O)O)CC3)CC[C@@]2(S(=O)(=O)c2ccc(F)cc2)c2ccc(C(F)(C(F)(F)F)C(F)(F)F)cc21. The van der Waals surface area contributed by atoms with Crippen molar-refractivity contribution in [1.82, 2.24) is 4.90 Å². The van der Waals surface area contributed by atoms with Crippen LogP contribution in [0.3, 0.4) is 0 Å². The van der Waals surface area contributed by atoms with E-state index in [0.717, 1.165) is 30.3 Å². The predicted molar refractivity (Wildman–Crippen MR) is 152 cm³/mol. The van der Waals surface area contributed by atoms with Gasteiger partial charge < -0.3 is 14.9 Å². The first-order chi connectivity index (χ1) is 21.8. The van der Waals surface area contributed by atoms with E-state index < -0.39 is 73.7 Å². The molecular weight excluding hydrogens is 664 g/mol. The minimum absolute atomic E-state index is 0.0166. The van der Waals surface area contributed by atoms with Crippen LogP contribution in [0.4, 0.5) is 40.8 Å². The number of rotatable bonds is 7. The normalized spacial score (nSPS) is 25.3. The third-order valence-corrected chi connectivity index (χ3v) is 12.4. The summed E-state index contributed by atoms with van der Waals surface area (Å²) < 4.78 is 139. The fourth-order valence-corrected chi connectivity index (χ4v) is 9.73. The summed E-state index contributed by atoms with van der Waals surface area (Å²) in [4.78, 5) is 27.8. The third-order valence-electron chi connectivity index (χ3n) is 9.81. The molecule has 0 unspecified atom stereocenters. The molecule has 47 heavy (non-hydrogen) atoms. The zero-order chi connectivity index (χ0) is 34.7. The van der Waals surface area contributed by atoms with Gasteiger partial charge in [0.2, 0.25) is 5.91 Å². The van der Waals surface area contributed by atoms with Crippen LogP contribution in [0.5, 0.6) is 0 Å². The van der Waals surface area contributed by atoms with Crippen LogP contribution in [0.15, 0.2) is 47.4 Å². The molecule has 1 N–H and O–H groups in total. The van der Waals surface area contributed by atoms with Gasteiger partial charge in [-0.05, 0) is 74.4 Å². The number of carbonyl (C=O) groups is 2. The Morgan fingerprint density at radius 2 is 1.49 bits per heavy atom. The van der Waals surface area contributed by atoms with Crippen LogP contribution < -0.4 is 4.90 Å². The van der Waals surface area contributed by atoms with E-state index in [1.54, 1.807) is 6.92 Å². The van der Waals surface area contributed by atoms with Gasteiger partial charge >= 0.3 is 24.0 Å². The highest BCUT2D eigenvalue weighted by Crippen LogP contribution is 2.58. The van der Waals surface area contributed by atoms with Gasteiger partial charge in [0.1, 0.15) is 10.6 Å². The molecule has 1 saturated carbocycles. The number of alkyl halides is 7. The molecule has 5 rings (SSSR count). The quantitative estimate of drug-likeness (QED) is 0.262. The van der Waals surface area contributed by atoms with Crippen molar-refractivity contribution in [3.63, 3.8) is 0 Å². The van der Waals surface area contributed by atoms with E-state index in [2.05, 4.69) is 0 Å². The first kappa shape index (κ1) is 34.9. The summed E-state index contributed by atoms with van der Waals surface area (Å²) in [6.45, 7) is 1.22. The molecule has 2 aliphatic heterocycles. The van der Waals surface area contributed by atoms with Gasteiger partial charge in [0.15, 0.2) is 9.84 Å². The number of fused-ring (bicyclic) bond motifs is 3. The molecule has 2 fully saturated rings. The minimum Gasteiger partial charge on any atom is -0.481 e. The van der Waals surface area contributed by atoms with Crippen LogP contribution in [-0.4, -0.2) is 68.3 Å². The first-order valence-corrected chi connectivity index (χ1v) is 16.5.